The number of furan rings is 1. The maximum absolute atomic E-state index is 14.5. The van der Waals surface area contributed by atoms with Gasteiger partial charge in [0.25, 0.3) is 11.7 Å². The Kier molecular flexibility index (Phi) is 5.03. The number of Topliss-reactive ketones (excluding diaryl/α,β-unsaturated/α-hetero) is 1. The predicted molar refractivity (Wildman–Crippen MR) is 109 cm³/mol. The van der Waals surface area contributed by atoms with Crippen LogP contribution in [-0.4, -0.2) is 16.8 Å². The smallest absolute Gasteiger partial charge is 0.300 e. The molecule has 0 saturated carbocycles. The lowest BCUT2D eigenvalue weighted by Crippen LogP contribution is -2.30. The highest BCUT2D eigenvalue weighted by Crippen LogP contribution is 2.43. The molecule has 1 unspecified atom stereocenters. The van der Waals surface area contributed by atoms with Gasteiger partial charge in [0.15, 0.2) is 0 Å². The Bertz CT molecular complexity index is 1200. The summed E-state index contributed by atoms with van der Waals surface area (Å²) in [4.78, 5) is 26.6. The molecule has 2 heterocycles. The summed E-state index contributed by atoms with van der Waals surface area (Å²) in [5, 5.41) is 10.9. The van der Waals surface area contributed by atoms with Crippen LogP contribution in [0.15, 0.2) is 69.1 Å². The van der Waals surface area contributed by atoms with Crippen molar-refractivity contribution in [2.75, 3.05) is 4.90 Å². The van der Waals surface area contributed by atoms with Gasteiger partial charge in [-0.3, -0.25) is 14.5 Å². The topological polar surface area (TPSA) is 70.8 Å². The molecule has 4 rings (SSSR count). The van der Waals surface area contributed by atoms with Crippen molar-refractivity contribution in [3.63, 3.8) is 0 Å². The summed E-state index contributed by atoms with van der Waals surface area (Å²) in [6.07, 6.45) is 0. The van der Waals surface area contributed by atoms with E-state index in [9.17, 15) is 23.5 Å². The van der Waals surface area contributed by atoms with Crippen molar-refractivity contribution in [2.45, 2.75) is 13.0 Å². The number of carbonyl (C=O) groups excluding carboxylic acids is 2. The summed E-state index contributed by atoms with van der Waals surface area (Å²) < 4.78 is 34.3. The first kappa shape index (κ1) is 20.0. The molecule has 1 aliphatic rings. The van der Waals surface area contributed by atoms with E-state index in [1.165, 1.54) is 6.07 Å². The van der Waals surface area contributed by atoms with Crippen LogP contribution in [0, 0.1) is 18.6 Å². The molecule has 0 spiro atoms. The summed E-state index contributed by atoms with van der Waals surface area (Å²) in [5.41, 5.74) is -0.253. The molecule has 8 heteroatoms. The molecule has 0 aliphatic carbocycles. The van der Waals surface area contributed by atoms with Crippen LogP contribution >= 0.6 is 15.9 Å². The van der Waals surface area contributed by atoms with Gasteiger partial charge in [-0.15, -0.1) is 0 Å². The van der Waals surface area contributed by atoms with Crippen LogP contribution in [-0.2, 0) is 9.59 Å². The summed E-state index contributed by atoms with van der Waals surface area (Å²) in [7, 11) is 0. The van der Waals surface area contributed by atoms with Gasteiger partial charge in [-0.1, -0.05) is 28.1 Å². The fraction of sp³-hybridized carbons (Fsp3) is 0.0909. The van der Waals surface area contributed by atoms with Crippen LogP contribution in [0.25, 0.3) is 5.76 Å². The fourth-order valence-corrected chi connectivity index (χ4v) is 3.65. The van der Waals surface area contributed by atoms with Gasteiger partial charge in [-0.2, -0.15) is 0 Å². The SMILES string of the molecule is Cc1ccc(C2/C(=C(/O)c3ccc(Br)cc3)C(=O)C(=O)N2c2ccc(F)cc2F)o1. The minimum atomic E-state index is -1.22. The van der Waals surface area contributed by atoms with Crippen molar-refractivity contribution in [3.8, 4) is 0 Å². The van der Waals surface area contributed by atoms with Crippen molar-refractivity contribution in [3.05, 3.63) is 93.4 Å². The Hall–Kier alpha value is -3.26. The Morgan fingerprint density at radius 2 is 1.77 bits per heavy atom. The highest BCUT2D eigenvalue weighted by molar-refractivity contribution is 9.10. The molecule has 152 valence electrons. The maximum Gasteiger partial charge on any atom is 0.300 e. The Balaban J connectivity index is 1.95. The third-order valence-corrected chi connectivity index (χ3v) is 5.29. The number of hydrogen-bond acceptors (Lipinski definition) is 4. The van der Waals surface area contributed by atoms with Crippen LogP contribution in [0.1, 0.15) is 23.1 Å². The monoisotopic (exact) mass is 473 g/mol. The number of halogens is 3. The molecular formula is C22H14BrF2NO4. The highest BCUT2D eigenvalue weighted by atomic mass is 79.9. The van der Waals surface area contributed by atoms with Gasteiger partial charge in [0.2, 0.25) is 0 Å². The molecule has 1 atom stereocenters. The number of hydrogen-bond donors (Lipinski definition) is 1. The van der Waals surface area contributed by atoms with E-state index in [0.717, 1.165) is 21.5 Å². The number of aliphatic hydroxyl groups excluding tert-OH is 1. The van der Waals surface area contributed by atoms with Gasteiger partial charge < -0.3 is 9.52 Å². The van der Waals surface area contributed by atoms with E-state index in [1.54, 1.807) is 37.3 Å². The van der Waals surface area contributed by atoms with E-state index >= 15 is 0 Å². The predicted octanol–water partition coefficient (Wildman–Crippen LogP) is 5.26. The normalized spacial score (nSPS) is 18.3. The number of aliphatic hydroxyl groups is 1. The zero-order valence-corrected chi connectivity index (χ0v) is 17.1. The number of rotatable bonds is 3. The molecule has 1 amide bonds. The molecule has 5 nitrogen and oxygen atoms in total. The third kappa shape index (κ3) is 3.33. The molecule has 1 aromatic heterocycles. The van der Waals surface area contributed by atoms with Crippen LogP contribution in [0.5, 0.6) is 0 Å². The van der Waals surface area contributed by atoms with Crippen molar-refractivity contribution in [2.24, 2.45) is 0 Å². The first-order valence-corrected chi connectivity index (χ1v) is 9.65. The van der Waals surface area contributed by atoms with Crippen LogP contribution in [0.4, 0.5) is 14.5 Å². The van der Waals surface area contributed by atoms with Crippen molar-refractivity contribution >= 4 is 39.1 Å². The Morgan fingerprint density at radius 1 is 1.07 bits per heavy atom. The lowest BCUT2D eigenvalue weighted by Gasteiger charge is -2.23. The number of aryl methyl sites for hydroxylation is 1. The number of nitrogens with zero attached hydrogens (tertiary/aromatic N) is 1. The first-order valence-electron chi connectivity index (χ1n) is 8.86. The van der Waals surface area contributed by atoms with Crippen molar-refractivity contribution in [1.29, 1.82) is 0 Å². The third-order valence-electron chi connectivity index (χ3n) is 4.76. The van der Waals surface area contributed by atoms with E-state index in [0.29, 0.717) is 17.4 Å². The van der Waals surface area contributed by atoms with Gasteiger partial charge in [-0.25, -0.2) is 8.78 Å². The van der Waals surface area contributed by atoms with Crippen LogP contribution < -0.4 is 4.90 Å². The molecule has 1 saturated heterocycles. The molecule has 0 radical (unpaired) electrons. The van der Waals surface area contributed by atoms with Gasteiger partial charge >= 0.3 is 0 Å². The van der Waals surface area contributed by atoms with E-state index < -0.39 is 35.1 Å². The largest absolute Gasteiger partial charge is 0.507 e. The molecule has 3 aromatic rings. The van der Waals surface area contributed by atoms with E-state index in [1.807, 2.05) is 0 Å². The number of anilines is 1. The average molecular weight is 474 g/mol. The minimum Gasteiger partial charge on any atom is -0.507 e. The lowest BCUT2D eigenvalue weighted by atomic mass is 9.99. The first-order chi connectivity index (χ1) is 14.3. The lowest BCUT2D eigenvalue weighted by molar-refractivity contribution is -0.132. The summed E-state index contributed by atoms with van der Waals surface area (Å²) >= 11 is 3.29. The quantitative estimate of drug-likeness (QED) is 0.320. The molecule has 0 bridgehead atoms. The van der Waals surface area contributed by atoms with Gasteiger partial charge in [0.05, 0.1) is 11.3 Å². The molecule has 2 aromatic carbocycles. The van der Waals surface area contributed by atoms with E-state index in [4.69, 9.17) is 4.42 Å². The van der Waals surface area contributed by atoms with Crippen LogP contribution in [0.2, 0.25) is 0 Å². The van der Waals surface area contributed by atoms with E-state index in [-0.39, 0.29) is 17.0 Å². The van der Waals surface area contributed by atoms with Crippen molar-refractivity contribution in [1.82, 2.24) is 0 Å². The van der Waals surface area contributed by atoms with E-state index in [2.05, 4.69) is 15.9 Å². The molecule has 1 aliphatic heterocycles. The second-order valence-corrected chi connectivity index (χ2v) is 7.64. The summed E-state index contributed by atoms with van der Waals surface area (Å²) in [6, 6.07) is 11.1. The zero-order chi connectivity index (χ0) is 21.6. The second kappa shape index (κ2) is 7.53. The summed E-state index contributed by atoms with van der Waals surface area (Å²) in [6.45, 7) is 1.67. The van der Waals surface area contributed by atoms with Crippen LogP contribution in [0.3, 0.4) is 0 Å². The van der Waals surface area contributed by atoms with Gasteiger partial charge in [0, 0.05) is 16.1 Å². The highest BCUT2D eigenvalue weighted by Gasteiger charge is 2.49. The molecule has 1 fully saturated rings. The van der Waals surface area contributed by atoms with Crippen molar-refractivity contribution < 1.29 is 27.9 Å². The minimum absolute atomic E-state index is 0.161. The molecular weight excluding hydrogens is 460 g/mol. The number of carbonyl (C=O) groups is 2. The van der Waals surface area contributed by atoms with Gasteiger partial charge in [-0.05, 0) is 43.3 Å². The maximum atomic E-state index is 14.5. The average Bonchev–Trinajstić information content (AvgIpc) is 3.24. The zero-order valence-electron chi connectivity index (χ0n) is 15.5. The Labute approximate surface area is 178 Å². The number of amides is 1. The number of ketones is 1. The van der Waals surface area contributed by atoms with Gasteiger partial charge in [0.1, 0.15) is 35.0 Å². The number of benzene rings is 2. The Morgan fingerprint density at radius 3 is 2.37 bits per heavy atom. The fourth-order valence-electron chi connectivity index (χ4n) is 3.39. The summed E-state index contributed by atoms with van der Waals surface area (Å²) in [5.74, 6) is -3.67. The second-order valence-electron chi connectivity index (χ2n) is 6.72. The standard InChI is InChI=1S/C22H14BrF2NO4/c1-11-2-9-17(30-11)19-18(20(27)12-3-5-13(23)6-4-12)21(28)22(29)26(19)16-8-7-14(24)10-15(16)25/h2-10,19,27H,1H3/b20-18-. The molecule has 1 N–H and O–H groups in total. The molecule has 30 heavy (non-hydrogen) atoms.